The molecule has 0 amide bonds. The van der Waals surface area contributed by atoms with Crippen LogP contribution in [0, 0.1) is 20.8 Å². The van der Waals surface area contributed by atoms with Crippen molar-refractivity contribution >= 4 is 0 Å². The molecule has 1 aliphatic heterocycles. The highest BCUT2D eigenvalue weighted by Crippen LogP contribution is 2.36. The zero-order valence-electron chi connectivity index (χ0n) is 27.5. The van der Waals surface area contributed by atoms with Gasteiger partial charge in [-0.2, -0.15) is 0 Å². The van der Waals surface area contributed by atoms with Gasteiger partial charge in [-0.25, -0.2) is 9.97 Å². The summed E-state index contributed by atoms with van der Waals surface area (Å²) in [6.45, 7) is 15.8. The Morgan fingerprint density at radius 1 is 0.600 bits per heavy atom. The van der Waals surface area contributed by atoms with Crippen molar-refractivity contribution in [2.75, 3.05) is 0 Å². The van der Waals surface area contributed by atoms with Crippen LogP contribution in [-0.2, 0) is 12.8 Å². The number of aryl methyl sites for hydroxylation is 3. The van der Waals surface area contributed by atoms with Crippen LogP contribution >= 0.6 is 0 Å². The molecule has 0 saturated carbocycles. The maximum absolute atomic E-state index is 5.37. The number of para-hydroxylation sites is 1. The minimum absolute atomic E-state index is 0.384. The number of imidazole rings is 2. The summed E-state index contributed by atoms with van der Waals surface area (Å²) in [4.78, 5) is 10.6. The molecular formula is C41H42N4. The summed E-state index contributed by atoms with van der Waals surface area (Å²) in [5.74, 6) is 2.80. The normalized spacial score (nSPS) is 12.6. The summed E-state index contributed by atoms with van der Waals surface area (Å²) in [5, 5.41) is 0. The monoisotopic (exact) mass is 590 g/mol. The Morgan fingerprint density at radius 3 is 1.87 bits per heavy atom. The second-order valence-corrected chi connectivity index (χ2v) is 13.4. The second kappa shape index (κ2) is 11.3. The van der Waals surface area contributed by atoms with Gasteiger partial charge in [0.2, 0.25) is 0 Å². The van der Waals surface area contributed by atoms with Crippen LogP contribution in [0.15, 0.2) is 91.3 Å². The van der Waals surface area contributed by atoms with Crippen molar-refractivity contribution in [3.63, 3.8) is 0 Å². The lowest BCUT2D eigenvalue weighted by Gasteiger charge is -2.23. The lowest BCUT2D eigenvalue weighted by molar-refractivity contribution is 0.787. The Morgan fingerprint density at radius 2 is 1.20 bits per heavy atom. The van der Waals surface area contributed by atoms with Crippen molar-refractivity contribution in [1.29, 1.82) is 0 Å². The molecule has 8 bridgehead atoms. The Hall–Kier alpha value is -4.70. The average Bonchev–Trinajstić information content (AvgIpc) is 3.61. The molecule has 4 aromatic carbocycles. The fourth-order valence-corrected chi connectivity index (χ4v) is 7.00. The largest absolute Gasteiger partial charge is 0.302 e. The van der Waals surface area contributed by atoms with Crippen molar-refractivity contribution in [3.8, 4) is 34.0 Å². The van der Waals surface area contributed by atoms with E-state index in [0.29, 0.717) is 18.3 Å². The summed E-state index contributed by atoms with van der Waals surface area (Å²) >= 11 is 0. The average molecular weight is 591 g/mol. The first kappa shape index (κ1) is 29.0. The molecule has 0 atom stereocenters. The van der Waals surface area contributed by atoms with Gasteiger partial charge in [0, 0.05) is 36.4 Å². The number of nitrogens with zero attached hydrogens (tertiary/aromatic N) is 4. The molecule has 2 aromatic heterocycles. The minimum atomic E-state index is 0.384. The summed E-state index contributed by atoms with van der Waals surface area (Å²) in [6, 6.07) is 29.0. The van der Waals surface area contributed by atoms with Gasteiger partial charge in [-0.1, -0.05) is 100.0 Å². The van der Waals surface area contributed by atoms with Crippen LogP contribution in [-0.4, -0.2) is 19.1 Å². The van der Waals surface area contributed by atoms with Gasteiger partial charge >= 0.3 is 0 Å². The molecule has 0 saturated heterocycles. The van der Waals surface area contributed by atoms with Crippen molar-refractivity contribution in [3.05, 3.63) is 142 Å². The Kier molecular flexibility index (Phi) is 7.32. The third kappa shape index (κ3) is 5.33. The first-order chi connectivity index (χ1) is 21.7. The number of hydrogen-bond donors (Lipinski definition) is 0. The quantitative estimate of drug-likeness (QED) is 0.204. The van der Waals surface area contributed by atoms with Gasteiger partial charge in [0.25, 0.3) is 0 Å². The molecule has 0 N–H and O–H groups in total. The lowest BCUT2D eigenvalue weighted by Crippen LogP contribution is -2.10. The van der Waals surface area contributed by atoms with E-state index in [4.69, 9.17) is 9.97 Å². The van der Waals surface area contributed by atoms with Crippen LogP contribution in [0.25, 0.3) is 34.0 Å². The number of rotatable bonds is 4. The van der Waals surface area contributed by atoms with Crippen molar-refractivity contribution in [2.24, 2.45) is 0 Å². The summed E-state index contributed by atoms with van der Waals surface area (Å²) in [7, 11) is 0. The van der Waals surface area contributed by atoms with Crippen LogP contribution in [0.1, 0.15) is 90.0 Å². The molecule has 0 aliphatic carbocycles. The highest BCUT2D eigenvalue weighted by Gasteiger charge is 2.22. The minimum Gasteiger partial charge on any atom is -0.302 e. The van der Waals surface area contributed by atoms with E-state index in [1.807, 2.05) is 0 Å². The molecule has 0 radical (unpaired) electrons. The predicted octanol–water partition coefficient (Wildman–Crippen LogP) is 10.1. The molecule has 4 nitrogen and oxygen atoms in total. The molecular weight excluding hydrogens is 548 g/mol. The lowest BCUT2D eigenvalue weighted by atomic mass is 9.90. The third-order valence-electron chi connectivity index (χ3n) is 9.17. The van der Waals surface area contributed by atoms with Gasteiger partial charge in [-0.05, 0) is 78.1 Å². The molecule has 226 valence electrons. The fraction of sp³-hybridized carbons (Fsp3) is 0.268. The SMILES string of the molecule is Cc1cc(C(C)C)c(-n2cc3nc2Cc2cccc(c2)-c2nc(cn2-c2c(C)cccc2C)Cc2cccc-3c2)c(C(C)C)c1. The van der Waals surface area contributed by atoms with Crippen LogP contribution < -0.4 is 0 Å². The van der Waals surface area contributed by atoms with Crippen LogP contribution in [0.3, 0.4) is 0 Å². The summed E-state index contributed by atoms with van der Waals surface area (Å²) in [6.07, 6.45) is 5.97. The maximum atomic E-state index is 5.37. The van der Waals surface area contributed by atoms with E-state index in [0.717, 1.165) is 40.6 Å². The zero-order chi connectivity index (χ0) is 31.4. The Bertz CT molecular complexity index is 2000. The van der Waals surface area contributed by atoms with Crippen LogP contribution in [0.4, 0.5) is 0 Å². The molecule has 6 aromatic rings. The van der Waals surface area contributed by atoms with Gasteiger partial charge < -0.3 is 4.57 Å². The van der Waals surface area contributed by atoms with Gasteiger partial charge in [-0.3, -0.25) is 4.57 Å². The van der Waals surface area contributed by atoms with Crippen LogP contribution in [0.2, 0.25) is 0 Å². The molecule has 45 heavy (non-hydrogen) atoms. The van der Waals surface area contributed by atoms with Crippen molar-refractivity contribution in [1.82, 2.24) is 19.1 Å². The van der Waals surface area contributed by atoms with Crippen molar-refractivity contribution < 1.29 is 0 Å². The summed E-state index contributed by atoms with van der Waals surface area (Å²) < 4.78 is 4.70. The van der Waals surface area contributed by atoms with Crippen molar-refractivity contribution in [2.45, 2.75) is 73.1 Å². The zero-order valence-corrected chi connectivity index (χ0v) is 27.5. The highest BCUT2D eigenvalue weighted by atomic mass is 15.1. The molecule has 4 heteroatoms. The Balaban J connectivity index is 1.48. The van der Waals surface area contributed by atoms with E-state index in [1.165, 1.54) is 50.3 Å². The first-order valence-corrected chi connectivity index (χ1v) is 16.2. The van der Waals surface area contributed by atoms with Gasteiger partial charge in [0.1, 0.15) is 11.6 Å². The number of hydrogen-bond acceptors (Lipinski definition) is 2. The van der Waals surface area contributed by atoms with E-state index in [2.05, 4.69) is 149 Å². The molecule has 0 spiro atoms. The Labute approximate surface area is 267 Å². The van der Waals surface area contributed by atoms with Crippen LogP contribution in [0.5, 0.6) is 0 Å². The number of benzene rings is 4. The van der Waals surface area contributed by atoms with E-state index in [1.54, 1.807) is 0 Å². The molecule has 1 aliphatic rings. The standard InChI is InChI=1S/C41H42N4/c1-25(2)35-17-27(5)18-36(26(3)4)40(35)44-24-37-32-15-9-13-30(19-32)21-34-23-45(39-28(6)11-8-12-29(39)7)41(42-34)33-16-10-14-31(20-33)22-38(44)43-37/h8-20,23-26H,21-22H2,1-7H3. The fourth-order valence-electron chi connectivity index (χ4n) is 7.00. The van der Waals surface area contributed by atoms with E-state index < -0.39 is 0 Å². The molecule has 3 heterocycles. The third-order valence-corrected chi connectivity index (χ3v) is 9.17. The van der Waals surface area contributed by atoms with Gasteiger partial charge in [-0.15, -0.1) is 0 Å². The second-order valence-electron chi connectivity index (χ2n) is 13.4. The number of fused-ring (bicyclic) bond motifs is 10. The van der Waals surface area contributed by atoms with E-state index >= 15 is 0 Å². The summed E-state index contributed by atoms with van der Waals surface area (Å²) in [5.41, 5.74) is 15.8. The molecule has 0 unspecified atom stereocenters. The van der Waals surface area contributed by atoms with Gasteiger partial charge in [0.05, 0.1) is 22.8 Å². The first-order valence-electron chi connectivity index (χ1n) is 16.2. The maximum Gasteiger partial charge on any atom is 0.144 e. The molecule has 7 rings (SSSR count). The predicted molar refractivity (Wildman–Crippen MR) is 186 cm³/mol. The highest BCUT2D eigenvalue weighted by molar-refractivity contribution is 5.65. The van der Waals surface area contributed by atoms with E-state index in [-0.39, 0.29) is 0 Å². The van der Waals surface area contributed by atoms with E-state index in [9.17, 15) is 0 Å². The number of aromatic nitrogens is 4. The topological polar surface area (TPSA) is 35.6 Å². The smallest absolute Gasteiger partial charge is 0.144 e. The van der Waals surface area contributed by atoms with Gasteiger partial charge in [0.15, 0.2) is 0 Å². The molecule has 0 fully saturated rings.